The van der Waals surface area contributed by atoms with Crippen LogP contribution in [0, 0.1) is 0 Å². The molecule has 5 heteroatoms. The lowest BCUT2D eigenvalue weighted by atomic mass is 10.1. The first-order valence-electron chi connectivity index (χ1n) is 7.51. The van der Waals surface area contributed by atoms with E-state index in [9.17, 15) is 9.59 Å². The van der Waals surface area contributed by atoms with E-state index < -0.39 is 5.97 Å². The summed E-state index contributed by atoms with van der Waals surface area (Å²) in [6.45, 7) is 1.51. The monoisotopic (exact) mass is 323 g/mol. The quantitative estimate of drug-likeness (QED) is 0.574. The molecule has 122 valence electrons. The van der Waals surface area contributed by atoms with Gasteiger partial charge in [-0.05, 0) is 37.3 Å². The molecule has 0 atom stereocenters. The summed E-state index contributed by atoms with van der Waals surface area (Å²) >= 11 is 0. The van der Waals surface area contributed by atoms with Crippen LogP contribution >= 0.6 is 0 Å². The summed E-state index contributed by atoms with van der Waals surface area (Å²) in [6, 6.07) is 14.4. The molecule has 0 spiro atoms. The van der Waals surface area contributed by atoms with Crippen molar-refractivity contribution in [3.05, 3.63) is 65.4 Å². The first-order valence-corrected chi connectivity index (χ1v) is 7.51. The Balaban J connectivity index is 1.78. The van der Waals surface area contributed by atoms with E-state index in [0.29, 0.717) is 22.6 Å². The second kappa shape index (κ2) is 6.58. The fraction of sp³-hybridized carbons (Fsp3) is 0.158. The lowest BCUT2D eigenvalue weighted by Gasteiger charge is -2.10. The second-order valence-corrected chi connectivity index (χ2v) is 5.43. The van der Waals surface area contributed by atoms with Crippen LogP contribution in [0.2, 0.25) is 0 Å². The van der Waals surface area contributed by atoms with Gasteiger partial charge in [0.25, 0.3) is 0 Å². The van der Waals surface area contributed by atoms with Gasteiger partial charge in [-0.2, -0.15) is 0 Å². The Hall–Kier alpha value is -3.08. The molecule has 0 bridgehead atoms. The number of ketones is 1. The number of nitrogens with one attached hydrogen (secondary N) is 1. The lowest BCUT2D eigenvalue weighted by Crippen LogP contribution is -2.07. The Labute approximate surface area is 139 Å². The van der Waals surface area contributed by atoms with E-state index in [1.54, 1.807) is 24.3 Å². The molecule has 0 aliphatic carbocycles. The van der Waals surface area contributed by atoms with Crippen LogP contribution in [0.4, 0.5) is 0 Å². The largest absolute Gasteiger partial charge is 0.496 e. The molecule has 24 heavy (non-hydrogen) atoms. The van der Waals surface area contributed by atoms with E-state index in [4.69, 9.17) is 9.47 Å². The molecule has 0 amide bonds. The molecule has 0 saturated heterocycles. The number of H-pyrrole nitrogens is 1. The predicted octanol–water partition coefficient (Wildman–Crippen LogP) is 3.74. The van der Waals surface area contributed by atoms with E-state index in [2.05, 4.69) is 4.98 Å². The minimum absolute atomic E-state index is 0.0263. The zero-order valence-electron chi connectivity index (χ0n) is 13.5. The number of ether oxygens (including phenoxy) is 2. The number of hydrogen-bond donors (Lipinski definition) is 1. The van der Waals surface area contributed by atoms with E-state index in [0.717, 1.165) is 10.9 Å². The van der Waals surface area contributed by atoms with Crippen LogP contribution in [0.1, 0.15) is 33.3 Å². The van der Waals surface area contributed by atoms with E-state index in [1.807, 2.05) is 24.3 Å². The first kappa shape index (κ1) is 15.8. The molecule has 0 unspecified atom stereocenters. The molecule has 3 aromatic rings. The van der Waals surface area contributed by atoms with Gasteiger partial charge in [0.15, 0.2) is 5.78 Å². The van der Waals surface area contributed by atoms with Gasteiger partial charge in [0.2, 0.25) is 0 Å². The van der Waals surface area contributed by atoms with Crippen molar-refractivity contribution in [1.82, 2.24) is 4.98 Å². The van der Waals surface area contributed by atoms with Crippen LogP contribution in [0.25, 0.3) is 10.9 Å². The zero-order chi connectivity index (χ0) is 17.1. The van der Waals surface area contributed by atoms with Gasteiger partial charge in [-0.25, -0.2) is 4.79 Å². The Morgan fingerprint density at radius 3 is 2.58 bits per heavy atom. The number of esters is 1. The molecule has 1 N–H and O–H groups in total. The van der Waals surface area contributed by atoms with Gasteiger partial charge in [0.05, 0.1) is 7.11 Å². The minimum atomic E-state index is -0.457. The molecular weight excluding hydrogens is 306 g/mol. The highest BCUT2D eigenvalue weighted by Crippen LogP contribution is 2.22. The van der Waals surface area contributed by atoms with Gasteiger partial charge in [-0.15, -0.1) is 0 Å². The van der Waals surface area contributed by atoms with E-state index >= 15 is 0 Å². The number of carbonyl (C=O) groups is 2. The number of carbonyl (C=O) groups excluding carboxylic acids is 2. The van der Waals surface area contributed by atoms with Crippen molar-refractivity contribution < 1.29 is 19.1 Å². The van der Waals surface area contributed by atoms with Gasteiger partial charge in [-0.3, -0.25) is 4.79 Å². The van der Waals surface area contributed by atoms with Crippen LogP contribution < -0.4 is 4.74 Å². The molecule has 0 aliphatic rings. The average Bonchev–Trinajstić information content (AvgIpc) is 3.03. The molecule has 0 saturated carbocycles. The molecule has 5 nitrogen and oxygen atoms in total. The number of Topliss-reactive ketones (excluding diaryl/α,β-unsaturated/α-hetero) is 1. The topological polar surface area (TPSA) is 68.4 Å². The van der Waals surface area contributed by atoms with Gasteiger partial charge in [-0.1, -0.05) is 18.2 Å². The number of para-hydroxylation sites is 1. The molecule has 1 heterocycles. The summed E-state index contributed by atoms with van der Waals surface area (Å²) in [5, 5.41) is 0.945. The molecule has 2 aromatic carbocycles. The molecule has 0 fully saturated rings. The Morgan fingerprint density at radius 2 is 1.88 bits per heavy atom. The summed E-state index contributed by atoms with van der Waals surface area (Å²) < 4.78 is 10.6. The normalized spacial score (nSPS) is 10.6. The third kappa shape index (κ3) is 3.15. The Kier molecular flexibility index (Phi) is 4.33. The highest BCUT2D eigenvalue weighted by atomic mass is 16.5. The van der Waals surface area contributed by atoms with Crippen molar-refractivity contribution >= 4 is 22.7 Å². The lowest BCUT2D eigenvalue weighted by molar-refractivity contribution is 0.0464. The number of methoxy groups -OCH3 is 1. The number of fused-ring (bicyclic) bond motifs is 1. The summed E-state index contributed by atoms with van der Waals surface area (Å²) in [5.74, 6) is 0.0618. The van der Waals surface area contributed by atoms with Crippen LogP contribution in [0.15, 0.2) is 48.5 Å². The number of aromatic amines is 1. The van der Waals surface area contributed by atoms with Gasteiger partial charge < -0.3 is 14.5 Å². The number of hydrogen-bond acceptors (Lipinski definition) is 4. The highest BCUT2D eigenvalue weighted by Gasteiger charge is 2.13. The van der Waals surface area contributed by atoms with Crippen molar-refractivity contribution in [2.45, 2.75) is 13.5 Å². The van der Waals surface area contributed by atoms with E-state index in [-0.39, 0.29) is 12.4 Å². The van der Waals surface area contributed by atoms with Crippen molar-refractivity contribution in [1.29, 1.82) is 0 Å². The van der Waals surface area contributed by atoms with Gasteiger partial charge in [0, 0.05) is 22.0 Å². The van der Waals surface area contributed by atoms with Crippen molar-refractivity contribution in [3.8, 4) is 5.75 Å². The smallest absolute Gasteiger partial charge is 0.355 e. The highest BCUT2D eigenvalue weighted by molar-refractivity contribution is 5.95. The van der Waals surface area contributed by atoms with Crippen LogP contribution in [-0.4, -0.2) is 23.8 Å². The van der Waals surface area contributed by atoms with Crippen LogP contribution in [-0.2, 0) is 11.3 Å². The Morgan fingerprint density at radius 1 is 1.08 bits per heavy atom. The third-order valence-corrected chi connectivity index (χ3v) is 3.80. The van der Waals surface area contributed by atoms with Crippen LogP contribution in [0.5, 0.6) is 5.75 Å². The zero-order valence-corrected chi connectivity index (χ0v) is 13.5. The minimum Gasteiger partial charge on any atom is -0.496 e. The van der Waals surface area contributed by atoms with Crippen molar-refractivity contribution in [2.75, 3.05) is 7.11 Å². The average molecular weight is 323 g/mol. The maximum absolute atomic E-state index is 12.2. The molecule has 1 aromatic heterocycles. The molecule has 0 radical (unpaired) electrons. The summed E-state index contributed by atoms with van der Waals surface area (Å²) in [6.07, 6.45) is 0. The summed E-state index contributed by atoms with van der Waals surface area (Å²) in [7, 11) is 1.53. The predicted molar refractivity (Wildman–Crippen MR) is 90.4 cm³/mol. The maximum Gasteiger partial charge on any atom is 0.355 e. The standard InChI is InChI=1S/C19H17NO4/c1-12(21)13-7-8-18(23-2)15(9-13)11-24-19(22)17-10-14-5-3-4-6-16(14)20-17/h3-10,20H,11H2,1-2H3. The molecule has 3 rings (SSSR count). The number of rotatable bonds is 5. The summed E-state index contributed by atoms with van der Waals surface area (Å²) in [5.41, 5.74) is 2.46. The third-order valence-electron chi connectivity index (χ3n) is 3.80. The number of benzene rings is 2. The fourth-order valence-electron chi connectivity index (χ4n) is 2.51. The SMILES string of the molecule is COc1ccc(C(C)=O)cc1COC(=O)c1cc2ccccc2[nH]1. The number of aromatic nitrogens is 1. The van der Waals surface area contributed by atoms with Crippen molar-refractivity contribution in [3.63, 3.8) is 0 Å². The van der Waals surface area contributed by atoms with Crippen molar-refractivity contribution in [2.24, 2.45) is 0 Å². The van der Waals surface area contributed by atoms with Crippen LogP contribution in [0.3, 0.4) is 0 Å². The maximum atomic E-state index is 12.2. The van der Waals surface area contributed by atoms with E-state index in [1.165, 1.54) is 14.0 Å². The van der Waals surface area contributed by atoms with Gasteiger partial charge >= 0.3 is 5.97 Å². The fourth-order valence-corrected chi connectivity index (χ4v) is 2.51. The van der Waals surface area contributed by atoms with Gasteiger partial charge in [0.1, 0.15) is 18.1 Å². The Bertz CT molecular complexity index is 878. The second-order valence-electron chi connectivity index (χ2n) is 5.43. The summed E-state index contributed by atoms with van der Waals surface area (Å²) in [4.78, 5) is 26.8. The molecular formula is C19H17NO4. The molecule has 0 aliphatic heterocycles. The first-order chi connectivity index (χ1) is 11.6.